The van der Waals surface area contributed by atoms with Gasteiger partial charge < -0.3 is 21.7 Å². The summed E-state index contributed by atoms with van der Waals surface area (Å²) < 4.78 is 13.3. The molecule has 5 N–H and O–H groups in total. The van der Waals surface area contributed by atoms with Crippen LogP contribution in [0, 0.1) is 11.7 Å². The van der Waals surface area contributed by atoms with Crippen LogP contribution in [0.3, 0.4) is 0 Å². The van der Waals surface area contributed by atoms with Crippen LogP contribution in [-0.2, 0) is 16.0 Å². The summed E-state index contributed by atoms with van der Waals surface area (Å²) in [5, 5.41) is 9.76. The molecule has 0 bridgehead atoms. The van der Waals surface area contributed by atoms with Gasteiger partial charge in [0.25, 0.3) is 0 Å². The van der Waals surface area contributed by atoms with Crippen LogP contribution in [0.25, 0.3) is 10.9 Å². The Labute approximate surface area is 185 Å². The summed E-state index contributed by atoms with van der Waals surface area (Å²) in [5.41, 5.74) is 7.83. The Bertz CT molecular complexity index is 1100. The fourth-order valence-corrected chi connectivity index (χ4v) is 3.96. The molecule has 0 radical (unpaired) electrons. The average molecular weight is 436 g/mol. The van der Waals surface area contributed by atoms with Crippen molar-refractivity contribution in [2.45, 2.75) is 24.9 Å². The Morgan fingerprint density at radius 1 is 1.16 bits per heavy atom. The summed E-state index contributed by atoms with van der Waals surface area (Å²) in [6.07, 6.45) is 2.55. The molecule has 0 unspecified atom stereocenters. The second-order valence-corrected chi connectivity index (χ2v) is 8.05. The van der Waals surface area contributed by atoms with E-state index in [1.807, 2.05) is 18.2 Å². The Hall–Kier alpha value is -3.36. The lowest BCUT2D eigenvalue weighted by molar-refractivity contribution is -0.127. The predicted molar refractivity (Wildman–Crippen MR) is 121 cm³/mol. The molecular formula is C24H26FN5O2. The summed E-state index contributed by atoms with van der Waals surface area (Å²) in [7, 11) is 0. The number of pyridine rings is 1. The minimum atomic E-state index is -0.835. The lowest BCUT2D eigenvalue weighted by Gasteiger charge is -2.21. The van der Waals surface area contributed by atoms with Gasteiger partial charge >= 0.3 is 0 Å². The number of nitrogens with zero attached hydrogens (tertiary/aromatic N) is 1. The van der Waals surface area contributed by atoms with Crippen LogP contribution >= 0.6 is 0 Å². The minimum absolute atomic E-state index is 0.230. The van der Waals surface area contributed by atoms with Gasteiger partial charge in [-0.25, -0.2) is 4.39 Å². The largest absolute Gasteiger partial charge is 0.343 e. The van der Waals surface area contributed by atoms with Gasteiger partial charge in [0.2, 0.25) is 11.8 Å². The Morgan fingerprint density at radius 3 is 2.72 bits per heavy atom. The third-order valence-corrected chi connectivity index (χ3v) is 5.76. The van der Waals surface area contributed by atoms with Gasteiger partial charge in [-0.2, -0.15) is 0 Å². The number of anilines is 1. The van der Waals surface area contributed by atoms with Crippen molar-refractivity contribution in [3.63, 3.8) is 0 Å². The average Bonchev–Trinajstić information content (AvgIpc) is 3.30. The van der Waals surface area contributed by atoms with E-state index in [4.69, 9.17) is 5.73 Å². The highest BCUT2D eigenvalue weighted by molar-refractivity contribution is 6.04. The van der Waals surface area contributed by atoms with Crippen LogP contribution in [0.2, 0.25) is 0 Å². The van der Waals surface area contributed by atoms with E-state index in [-0.39, 0.29) is 30.0 Å². The molecule has 0 saturated carbocycles. The second-order valence-electron chi connectivity index (χ2n) is 8.05. The topological polar surface area (TPSA) is 109 Å². The molecule has 7 nitrogen and oxygen atoms in total. The Balaban J connectivity index is 1.54. The maximum Gasteiger partial charge on any atom is 0.247 e. The number of amides is 2. The molecule has 1 aromatic heterocycles. The van der Waals surface area contributed by atoms with E-state index in [1.54, 1.807) is 30.5 Å². The monoisotopic (exact) mass is 435 g/mol. The number of nitrogens with one attached hydrogen (secondary N) is 3. The smallest absolute Gasteiger partial charge is 0.247 e. The first kappa shape index (κ1) is 21.9. The fourth-order valence-electron chi connectivity index (χ4n) is 3.96. The number of benzene rings is 2. The molecule has 8 heteroatoms. The van der Waals surface area contributed by atoms with Crippen molar-refractivity contribution in [2.75, 3.05) is 18.4 Å². The molecule has 3 aromatic rings. The zero-order valence-corrected chi connectivity index (χ0v) is 17.6. The summed E-state index contributed by atoms with van der Waals surface area (Å²) >= 11 is 0. The molecule has 1 fully saturated rings. The Morgan fingerprint density at radius 2 is 1.97 bits per heavy atom. The van der Waals surface area contributed by atoms with Crippen LogP contribution in [-0.4, -0.2) is 42.0 Å². The molecule has 0 aliphatic carbocycles. The maximum absolute atomic E-state index is 13.3. The van der Waals surface area contributed by atoms with Crippen LogP contribution in [0.4, 0.5) is 10.1 Å². The van der Waals surface area contributed by atoms with E-state index in [1.165, 1.54) is 12.1 Å². The van der Waals surface area contributed by atoms with Crippen molar-refractivity contribution in [2.24, 2.45) is 11.7 Å². The van der Waals surface area contributed by atoms with E-state index < -0.39 is 12.1 Å². The second kappa shape index (κ2) is 9.84. The first-order valence-corrected chi connectivity index (χ1v) is 10.7. The Kier molecular flexibility index (Phi) is 6.72. The van der Waals surface area contributed by atoms with E-state index in [0.717, 1.165) is 16.5 Å². The van der Waals surface area contributed by atoms with Gasteiger partial charge in [-0.1, -0.05) is 18.2 Å². The van der Waals surface area contributed by atoms with Crippen LogP contribution in [0.5, 0.6) is 0 Å². The first-order chi connectivity index (χ1) is 15.5. The molecule has 2 heterocycles. The normalized spacial score (nSPS) is 18.9. The van der Waals surface area contributed by atoms with E-state index in [9.17, 15) is 14.0 Å². The zero-order chi connectivity index (χ0) is 22.5. The van der Waals surface area contributed by atoms with Crippen molar-refractivity contribution in [3.05, 3.63) is 72.2 Å². The highest BCUT2D eigenvalue weighted by Crippen LogP contribution is 2.22. The number of carbonyl (C=O) groups is 2. The lowest BCUT2D eigenvalue weighted by atomic mass is 10.0. The molecule has 3 atom stereocenters. The van der Waals surface area contributed by atoms with E-state index in [2.05, 4.69) is 20.9 Å². The first-order valence-electron chi connectivity index (χ1n) is 10.7. The number of carbonyl (C=O) groups excluding carboxylic acids is 2. The quantitative estimate of drug-likeness (QED) is 0.454. The van der Waals surface area contributed by atoms with Crippen LogP contribution in [0.1, 0.15) is 12.0 Å². The van der Waals surface area contributed by atoms with Crippen LogP contribution in [0.15, 0.2) is 60.8 Å². The highest BCUT2D eigenvalue weighted by Gasteiger charge is 2.31. The molecular weight excluding hydrogens is 409 g/mol. The number of nitrogens with two attached hydrogens (primary N) is 1. The van der Waals surface area contributed by atoms with Gasteiger partial charge in [-0.15, -0.1) is 0 Å². The minimum Gasteiger partial charge on any atom is -0.343 e. The zero-order valence-electron chi connectivity index (χ0n) is 17.6. The molecule has 1 aliphatic heterocycles. The molecule has 32 heavy (non-hydrogen) atoms. The number of halogens is 1. The third-order valence-electron chi connectivity index (χ3n) is 5.76. The summed E-state index contributed by atoms with van der Waals surface area (Å²) in [6, 6.07) is 13.8. The van der Waals surface area contributed by atoms with Gasteiger partial charge in [0, 0.05) is 18.0 Å². The highest BCUT2D eigenvalue weighted by atomic mass is 19.1. The third kappa shape index (κ3) is 5.09. The van der Waals surface area contributed by atoms with Gasteiger partial charge in [-0.05, 0) is 67.4 Å². The molecule has 1 saturated heterocycles. The van der Waals surface area contributed by atoms with Crippen molar-refractivity contribution >= 4 is 28.4 Å². The number of hydrogen-bond acceptors (Lipinski definition) is 5. The van der Waals surface area contributed by atoms with Crippen molar-refractivity contribution < 1.29 is 14.0 Å². The van der Waals surface area contributed by atoms with Crippen LogP contribution < -0.4 is 21.7 Å². The van der Waals surface area contributed by atoms with Crippen molar-refractivity contribution in [3.8, 4) is 0 Å². The van der Waals surface area contributed by atoms with Gasteiger partial charge in [-0.3, -0.25) is 14.6 Å². The molecule has 166 valence electrons. The number of rotatable bonds is 7. The molecule has 4 rings (SSSR count). The summed E-state index contributed by atoms with van der Waals surface area (Å²) in [4.78, 5) is 30.4. The maximum atomic E-state index is 13.3. The van der Waals surface area contributed by atoms with Crippen molar-refractivity contribution in [1.82, 2.24) is 15.6 Å². The fraction of sp³-hybridized carbons (Fsp3) is 0.292. The van der Waals surface area contributed by atoms with Gasteiger partial charge in [0.1, 0.15) is 11.9 Å². The summed E-state index contributed by atoms with van der Waals surface area (Å²) in [6.45, 7) is 1.18. The number of hydrogen-bond donors (Lipinski definition) is 4. The molecule has 2 amide bonds. The van der Waals surface area contributed by atoms with E-state index >= 15 is 0 Å². The predicted octanol–water partition coefficient (Wildman–Crippen LogP) is 1.98. The van der Waals surface area contributed by atoms with E-state index in [0.29, 0.717) is 25.2 Å². The standard InChI is InChI=1S/C24H26FN5O2/c25-17-8-6-15(7-9-17)11-22(30-23(31)21-12-16(13-26)14-28-21)24(32)29-20-5-1-4-19-18(20)3-2-10-27-19/h1-10,16,21-22,28H,11-14,26H2,(H,29,32)(H,30,31)/t16-,21-,22-/m1/s1. The number of aromatic nitrogens is 1. The molecule has 1 aliphatic rings. The summed E-state index contributed by atoms with van der Waals surface area (Å²) in [5.74, 6) is -0.724. The van der Waals surface area contributed by atoms with Gasteiger partial charge in [0.05, 0.1) is 17.2 Å². The molecule has 2 aromatic carbocycles. The SMILES string of the molecule is NC[C@@H]1CN[C@@H](C(=O)N[C@H](Cc2ccc(F)cc2)C(=O)Nc2cccc3ncccc23)C1. The lowest BCUT2D eigenvalue weighted by Crippen LogP contribution is -2.50. The number of fused-ring (bicyclic) bond motifs is 1. The molecule has 0 spiro atoms. The van der Waals surface area contributed by atoms with Gasteiger partial charge in [0.15, 0.2) is 0 Å². The van der Waals surface area contributed by atoms with Crippen molar-refractivity contribution in [1.29, 1.82) is 0 Å².